The van der Waals surface area contributed by atoms with E-state index >= 15 is 0 Å². The average molecular weight is 1120 g/mol. The molecule has 3 nitrogen and oxygen atoms in total. The molecule has 2 aliphatic heterocycles. The summed E-state index contributed by atoms with van der Waals surface area (Å²) in [4.78, 5) is 2.51. The molecule has 0 saturated carbocycles. The van der Waals surface area contributed by atoms with Crippen molar-refractivity contribution in [2.45, 2.75) is 122 Å². The van der Waals surface area contributed by atoms with E-state index in [2.05, 4.69) is 313 Å². The van der Waals surface area contributed by atoms with Crippen LogP contribution in [0.3, 0.4) is 0 Å². The molecule has 0 fully saturated rings. The van der Waals surface area contributed by atoms with Gasteiger partial charge in [-0.15, -0.1) is 0 Å². The molecule has 2 heterocycles. The van der Waals surface area contributed by atoms with Crippen LogP contribution in [0.2, 0.25) is 0 Å². The normalized spacial score (nSPS) is 15.8. The van der Waals surface area contributed by atoms with Crippen molar-refractivity contribution in [2.24, 2.45) is 0 Å². The summed E-state index contributed by atoms with van der Waals surface area (Å²) in [5.41, 5.74) is 24.5. The van der Waals surface area contributed by atoms with Crippen molar-refractivity contribution < 1.29 is 9.47 Å². The van der Waals surface area contributed by atoms with Crippen LogP contribution in [0.4, 0.5) is 17.1 Å². The zero-order valence-electron chi connectivity index (χ0n) is 52.0. The zero-order chi connectivity index (χ0) is 59.6. The number of nitrogens with zero attached hydrogens (tertiary/aromatic N) is 1. The molecule has 0 radical (unpaired) electrons. The number of para-hydroxylation sites is 4. The molecule has 1 atom stereocenters. The van der Waals surface area contributed by atoms with Crippen LogP contribution in [0.5, 0.6) is 23.0 Å². The van der Waals surface area contributed by atoms with E-state index in [0.717, 1.165) is 73.4 Å². The van der Waals surface area contributed by atoms with Crippen LogP contribution in [-0.2, 0) is 32.5 Å². The molecule has 424 valence electrons. The van der Waals surface area contributed by atoms with E-state index in [0.29, 0.717) is 0 Å². The van der Waals surface area contributed by atoms with E-state index in [9.17, 15) is 0 Å². The Bertz CT molecular complexity index is 4590. The first kappa shape index (κ1) is 53.8. The Morgan fingerprint density at radius 1 is 0.314 bits per heavy atom. The molecule has 11 aromatic rings. The van der Waals surface area contributed by atoms with Gasteiger partial charge in [0.2, 0.25) is 0 Å². The van der Waals surface area contributed by atoms with Gasteiger partial charge in [0.15, 0.2) is 5.75 Å². The minimum atomic E-state index is -0.763. The lowest BCUT2D eigenvalue weighted by Crippen LogP contribution is -2.34. The van der Waals surface area contributed by atoms with Crippen molar-refractivity contribution >= 4 is 27.8 Å². The second-order valence-electron chi connectivity index (χ2n) is 28.9. The van der Waals surface area contributed by atoms with Crippen LogP contribution in [-0.4, -0.2) is 0 Å². The molecular formula is C83H75NO2. The van der Waals surface area contributed by atoms with Crippen molar-refractivity contribution in [3.63, 3.8) is 0 Å². The molecule has 11 aromatic carbocycles. The van der Waals surface area contributed by atoms with Crippen LogP contribution in [0.15, 0.2) is 218 Å². The van der Waals surface area contributed by atoms with Gasteiger partial charge in [-0.2, -0.15) is 0 Å². The Labute approximate surface area is 509 Å². The average Bonchev–Trinajstić information content (AvgIpc) is 1.47. The van der Waals surface area contributed by atoms with Crippen molar-refractivity contribution in [2.75, 3.05) is 4.90 Å². The van der Waals surface area contributed by atoms with Crippen LogP contribution < -0.4 is 14.4 Å². The number of ether oxygens (including phenoxy) is 2. The highest BCUT2D eigenvalue weighted by atomic mass is 16.5. The Morgan fingerprint density at radius 2 is 0.779 bits per heavy atom. The predicted octanol–water partition coefficient (Wildman–Crippen LogP) is 22.4. The molecule has 86 heavy (non-hydrogen) atoms. The predicted molar refractivity (Wildman–Crippen MR) is 358 cm³/mol. The number of hydrogen-bond acceptors (Lipinski definition) is 3. The summed E-state index contributed by atoms with van der Waals surface area (Å²) >= 11 is 0. The van der Waals surface area contributed by atoms with Gasteiger partial charge in [0.1, 0.15) is 17.2 Å². The smallest absolute Gasteiger partial charge is 0.156 e. The Morgan fingerprint density at radius 3 is 1.42 bits per heavy atom. The van der Waals surface area contributed by atoms with Gasteiger partial charge in [-0.05, 0) is 160 Å². The molecule has 0 saturated heterocycles. The molecule has 15 rings (SSSR count). The van der Waals surface area contributed by atoms with Crippen molar-refractivity contribution in [3.05, 3.63) is 291 Å². The fourth-order valence-corrected chi connectivity index (χ4v) is 15.1. The molecule has 0 N–H and O–H groups in total. The highest BCUT2D eigenvalue weighted by Crippen LogP contribution is 2.67. The van der Waals surface area contributed by atoms with Crippen LogP contribution >= 0.6 is 0 Å². The second kappa shape index (κ2) is 18.5. The van der Waals surface area contributed by atoms with Gasteiger partial charge < -0.3 is 14.4 Å². The lowest BCUT2D eigenvalue weighted by atomic mass is 9.64. The Hall–Kier alpha value is -8.92. The first-order valence-corrected chi connectivity index (χ1v) is 30.9. The van der Waals surface area contributed by atoms with Gasteiger partial charge in [0.25, 0.3) is 0 Å². The fourth-order valence-electron chi connectivity index (χ4n) is 15.1. The lowest BCUT2D eigenvalue weighted by molar-refractivity contribution is 0.435. The van der Waals surface area contributed by atoms with Crippen molar-refractivity contribution in [1.29, 1.82) is 0 Å². The fraction of sp³-hybridized carbons (Fsp3) is 0.229. The molecule has 4 aliphatic rings. The first-order valence-electron chi connectivity index (χ1n) is 30.9. The molecule has 1 unspecified atom stereocenters. The van der Waals surface area contributed by atoms with Gasteiger partial charge in [-0.1, -0.05) is 259 Å². The summed E-state index contributed by atoms with van der Waals surface area (Å²) in [6.07, 6.45) is 0. The minimum Gasteiger partial charge on any atom is -0.457 e. The first-order chi connectivity index (χ1) is 41.1. The van der Waals surface area contributed by atoms with Crippen molar-refractivity contribution in [3.8, 4) is 56.4 Å². The molecule has 0 bridgehead atoms. The topological polar surface area (TPSA) is 21.7 Å². The SMILES string of the molecule is Cc1cc(C(C)(C)C)cc2c1-c1ccc(C(C)(C)C)cc1C21c2ccccc2Oc2ccc(N(c3ccccc3-c3cccc4ccccc34)c3cccc4c3Oc3ccccc3C43c4cc(C(C)(C)C)ccc4-c4ccc(C(C)(C)C)cc43)cc21. The molecule has 2 aliphatic carbocycles. The number of hydrogen-bond donors (Lipinski definition) is 0. The molecule has 0 aromatic heterocycles. The summed E-state index contributed by atoms with van der Waals surface area (Å²) < 4.78 is 15.0. The van der Waals surface area contributed by atoms with Gasteiger partial charge >= 0.3 is 0 Å². The van der Waals surface area contributed by atoms with Gasteiger partial charge in [0.05, 0.1) is 22.2 Å². The molecule has 3 heteroatoms. The van der Waals surface area contributed by atoms with E-state index < -0.39 is 10.8 Å². The second-order valence-corrected chi connectivity index (χ2v) is 28.9. The molecule has 2 spiro atoms. The number of fused-ring (bicyclic) bond motifs is 19. The van der Waals surface area contributed by atoms with Gasteiger partial charge in [-0.25, -0.2) is 0 Å². The van der Waals surface area contributed by atoms with Crippen LogP contribution in [0.25, 0.3) is 44.2 Å². The Kier molecular flexibility index (Phi) is 11.6. The highest BCUT2D eigenvalue weighted by molar-refractivity contribution is 6.03. The van der Waals surface area contributed by atoms with Gasteiger partial charge in [0, 0.05) is 33.5 Å². The van der Waals surface area contributed by atoms with E-state index in [4.69, 9.17) is 9.47 Å². The largest absolute Gasteiger partial charge is 0.457 e. The monoisotopic (exact) mass is 1120 g/mol. The third-order valence-corrected chi connectivity index (χ3v) is 19.5. The number of rotatable bonds is 4. The number of aryl methyl sites for hydroxylation is 1. The number of benzene rings is 11. The van der Waals surface area contributed by atoms with E-state index in [-0.39, 0.29) is 21.7 Å². The summed E-state index contributed by atoms with van der Waals surface area (Å²) in [5, 5.41) is 2.39. The summed E-state index contributed by atoms with van der Waals surface area (Å²) in [6.45, 7) is 30.4. The third-order valence-electron chi connectivity index (χ3n) is 19.5. The summed E-state index contributed by atoms with van der Waals surface area (Å²) in [5.74, 6) is 3.40. The van der Waals surface area contributed by atoms with E-state index in [1.54, 1.807) is 0 Å². The third kappa shape index (κ3) is 7.72. The zero-order valence-corrected chi connectivity index (χ0v) is 52.0. The Balaban J connectivity index is 1.07. The summed E-state index contributed by atoms with van der Waals surface area (Å²) in [7, 11) is 0. The molecular weight excluding hydrogens is 1040 g/mol. The maximum absolute atomic E-state index is 7.74. The molecule has 0 amide bonds. The maximum Gasteiger partial charge on any atom is 0.156 e. The standard InChI is InChI=1S/C83H75NO2/c1-50-44-55(81(11,12)13)48-70-76(50)62-42-38-54(80(8,9)10)47-68(62)83(70)63-29-17-20-34-73(63)85-75-43-39-56(49-69(75)83)84(71-32-19-16-27-61(71)58-28-22-25-51-24-14-15-26-57(51)58)72-33-23-31-65-77(72)86-74-35-21-18-30-64(74)82(65)66-45-52(78(2,3)4)36-40-59(66)60-41-37-53(46-67(60)82)79(5,6)7/h14-49H,1-13H3. The van der Waals surface area contributed by atoms with E-state index in [1.165, 1.54) is 83.1 Å². The minimum absolute atomic E-state index is 0.102. The van der Waals surface area contributed by atoms with E-state index in [1.807, 2.05) is 0 Å². The highest BCUT2D eigenvalue weighted by Gasteiger charge is 2.55. The van der Waals surface area contributed by atoms with Gasteiger partial charge in [-0.3, -0.25) is 0 Å². The quantitative estimate of drug-likeness (QED) is 0.175. The lowest BCUT2D eigenvalue weighted by Gasteiger charge is -2.42. The number of anilines is 3. The summed E-state index contributed by atoms with van der Waals surface area (Å²) in [6, 6.07) is 82.9. The van der Waals surface area contributed by atoms with Crippen molar-refractivity contribution in [1.82, 2.24) is 0 Å². The maximum atomic E-state index is 7.74. The van der Waals surface area contributed by atoms with Crippen LogP contribution in [0, 0.1) is 6.92 Å². The van der Waals surface area contributed by atoms with Crippen LogP contribution in [0.1, 0.15) is 155 Å².